The number of hydrogen-bond acceptors (Lipinski definition) is 3. The minimum atomic E-state index is -0.000887. The molecule has 2 aromatic rings. The van der Waals surface area contributed by atoms with Gasteiger partial charge in [0.05, 0.1) is 10.0 Å². The minimum Gasteiger partial charge on any atom is -0.384 e. The molecule has 4 N–H and O–H groups in total. The van der Waals surface area contributed by atoms with E-state index >= 15 is 0 Å². The number of aromatic nitrogens is 1. The van der Waals surface area contributed by atoms with Gasteiger partial charge in [-0.1, -0.05) is 29.3 Å². The van der Waals surface area contributed by atoms with Crippen molar-refractivity contribution in [3.63, 3.8) is 0 Å². The van der Waals surface area contributed by atoms with Crippen molar-refractivity contribution in [2.45, 2.75) is 18.9 Å². The zero-order valence-corrected chi connectivity index (χ0v) is 11.8. The maximum Gasteiger partial charge on any atom is 0.123 e. The van der Waals surface area contributed by atoms with Crippen LogP contribution in [0.4, 0.5) is 5.82 Å². The monoisotopic (exact) mass is 295 g/mol. The SMILES string of the molecule is Nc1cc(CC(N)Cc2ccc(Cl)c(Cl)c2)ccn1. The van der Waals surface area contributed by atoms with Crippen molar-refractivity contribution in [3.05, 3.63) is 57.7 Å². The molecule has 1 aromatic heterocycles. The smallest absolute Gasteiger partial charge is 0.123 e. The van der Waals surface area contributed by atoms with E-state index in [1.54, 1.807) is 12.3 Å². The summed E-state index contributed by atoms with van der Waals surface area (Å²) in [4.78, 5) is 3.96. The van der Waals surface area contributed by atoms with Crippen molar-refractivity contribution in [3.8, 4) is 0 Å². The highest BCUT2D eigenvalue weighted by Gasteiger charge is 2.07. The molecule has 0 amide bonds. The molecule has 0 radical (unpaired) electrons. The molecular weight excluding hydrogens is 281 g/mol. The Morgan fingerprint density at radius 1 is 1.00 bits per heavy atom. The Morgan fingerprint density at radius 3 is 2.32 bits per heavy atom. The lowest BCUT2D eigenvalue weighted by Gasteiger charge is -2.12. The van der Waals surface area contributed by atoms with Gasteiger partial charge in [-0.05, 0) is 48.2 Å². The standard InChI is InChI=1S/C14H15Cl2N3/c15-12-2-1-9(7-13(12)16)5-11(17)6-10-3-4-19-14(18)8-10/h1-4,7-8,11H,5-6,17H2,(H2,18,19). The van der Waals surface area contributed by atoms with E-state index in [1.165, 1.54) is 0 Å². The van der Waals surface area contributed by atoms with Gasteiger partial charge in [0.15, 0.2) is 0 Å². The van der Waals surface area contributed by atoms with Crippen LogP contribution in [0, 0.1) is 0 Å². The van der Waals surface area contributed by atoms with Gasteiger partial charge in [-0.2, -0.15) is 0 Å². The average molecular weight is 296 g/mol. The largest absolute Gasteiger partial charge is 0.384 e. The Morgan fingerprint density at radius 2 is 1.68 bits per heavy atom. The predicted molar refractivity (Wildman–Crippen MR) is 80.5 cm³/mol. The van der Waals surface area contributed by atoms with Crippen LogP contribution in [0.5, 0.6) is 0 Å². The second-order valence-electron chi connectivity index (χ2n) is 4.51. The van der Waals surface area contributed by atoms with E-state index < -0.39 is 0 Å². The molecule has 1 heterocycles. The van der Waals surface area contributed by atoms with Gasteiger partial charge in [-0.25, -0.2) is 4.98 Å². The van der Waals surface area contributed by atoms with Crippen molar-refractivity contribution in [1.82, 2.24) is 4.98 Å². The molecule has 0 fully saturated rings. The first-order chi connectivity index (χ1) is 9.04. The van der Waals surface area contributed by atoms with Crippen molar-refractivity contribution in [1.29, 1.82) is 0 Å². The molecular formula is C14H15Cl2N3. The topological polar surface area (TPSA) is 64.9 Å². The first-order valence-corrected chi connectivity index (χ1v) is 6.70. The predicted octanol–water partition coefficient (Wildman–Crippen LogP) is 3.08. The molecule has 0 spiro atoms. The van der Waals surface area contributed by atoms with Gasteiger partial charge in [0.2, 0.25) is 0 Å². The third-order valence-electron chi connectivity index (χ3n) is 2.83. The zero-order chi connectivity index (χ0) is 13.8. The van der Waals surface area contributed by atoms with E-state index in [-0.39, 0.29) is 6.04 Å². The van der Waals surface area contributed by atoms with Crippen LogP contribution in [-0.4, -0.2) is 11.0 Å². The number of pyridine rings is 1. The Kier molecular flexibility index (Phi) is 4.64. The maximum absolute atomic E-state index is 6.14. The van der Waals surface area contributed by atoms with Crippen LogP contribution in [0.3, 0.4) is 0 Å². The van der Waals surface area contributed by atoms with Gasteiger partial charge in [-0.3, -0.25) is 0 Å². The third-order valence-corrected chi connectivity index (χ3v) is 3.56. The number of nitrogens with two attached hydrogens (primary N) is 2. The van der Waals surface area contributed by atoms with Crippen LogP contribution in [0.1, 0.15) is 11.1 Å². The second-order valence-corrected chi connectivity index (χ2v) is 5.32. The molecule has 0 saturated heterocycles. The normalized spacial score (nSPS) is 12.4. The van der Waals surface area contributed by atoms with Gasteiger partial charge >= 0.3 is 0 Å². The molecule has 19 heavy (non-hydrogen) atoms. The lowest BCUT2D eigenvalue weighted by Crippen LogP contribution is -2.25. The van der Waals surface area contributed by atoms with E-state index in [9.17, 15) is 0 Å². The summed E-state index contributed by atoms with van der Waals surface area (Å²) in [5.74, 6) is 0.513. The van der Waals surface area contributed by atoms with Crippen molar-refractivity contribution in [2.75, 3.05) is 5.73 Å². The van der Waals surface area contributed by atoms with Crippen molar-refractivity contribution >= 4 is 29.0 Å². The summed E-state index contributed by atoms with van der Waals surface area (Å²) >= 11 is 11.9. The summed E-state index contributed by atoms with van der Waals surface area (Å²) in [5, 5.41) is 1.11. The molecule has 0 aliphatic rings. The van der Waals surface area contributed by atoms with Crippen LogP contribution >= 0.6 is 23.2 Å². The highest BCUT2D eigenvalue weighted by atomic mass is 35.5. The Bertz CT molecular complexity index is 572. The second kappa shape index (κ2) is 6.24. The molecule has 0 saturated carbocycles. The highest BCUT2D eigenvalue weighted by molar-refractivity contribution is 6.42. The van der Waals surface area contributed by atoms with Crippen LogP contribution in [0.25, 0.3) is 0 Å². The number of nitrogen functional groups attached to an aromatic ring is 1. The summed E-state index contributed by atoms with van der Waals surface area (Å²) in [7, 11) is 0. The lowest BCUT2D eigenvalue weighted by molar-refractivity contribution is 0.664. The summed E-state index contributed by atoms with van der Waals surface area (Å²) in [6.45, 7) is 0. The van der Waals surface area contributed by atoms with E-state index in [2.05, 4.69) is 4.98 Å². The summed E-state index contributed by atoms with van der Waals surface area (Å²) in [6, 6.07) is 9.34. The fourth-order valence-electron chi connectivity index (χ4n) is 1.97. The van der Waals surface area contributed by atoms with Gasteiger partial charge in [0.25, 0.3) is 0 Å². The van der Waals surface area contributed by atoms with Crippen molar-refractivity contribution < 1.29 is 0 Å². The number of rotatable bonds is 4. The number of nitrogens with zero attached hydrogens (tertiary/aromatic N) is 1. The Hall–Kier alpha value is -1.29. The summed E-state index contributed by atoms with van der Waals surface area (Å²) < 4.78 is 0. The molecule has 0 aliphatic heterocycles. The summed E-state index contributed by atoms with van der Waals surface area (Å²) in [5.41, 5.74) is 13.9. The highest BCUT2D eigenvalue weighted by Crippen LogP contribution is 2.23. The van der Waals surface area contributed by atoms with E-state index in [0.29, 0.717) is 15.9 Å². The van der Waals surface area contributed by atoms with Crippen LogP contribution in [0.2, 0.25) is 10.0 Å². The molecule has 1 atom stereocenters. The molecule has 100 valence electrons. The first-order valence-electron chi connectivity index (χ1n) is 5.94. The minimum absolute atomic E-state index is 0.000887. The molecule has 1 aromatic carbocycles. The molecule has 0 aliphatic carbocycles. The van der Waals surface area contributed by atoms with Crippen LogP contribution in [0.15, 0.2) is 36.5 Å². The quantitative estimate of drug-likeness (QED) is 0.911. The number of benzene rings is 1. The first kappa shape index (κ1) is 14.1. The van der Waals surface area contributed by atoms with E-state index in [0.717, 1.165) is 24.0 Å². The lowest BCUT2D eigenvalue weighted by atomic mass is 10.0. The van der Waals surface area contributed by atoms with E-state index in [1.807, 2.05) is 24.3 Å². The Labute approximate surface area is 122 Å². The fraction of sp³-hybridized carbons (Fsp3) is 0.214. The van der Waals surface area contributed by atoms with E-state index in [4.69, 9.17) is 34.7 Å². The van der Waals surface area contributed by atoms with Gasteiger partial charge in [0.1, 0.15) is 5.82 Å². The maximum atomic E-state index is 6.14. The fourth-order valence-corrected chi connectivity index (χ4v) is 2.29. The van der Waals surface area contributed by atoms with Crippen LogP contribution in [-0.2, 0) is 12.8 Å². The third kappa shape index (κ3) is 4.10. The molecule has 5 heteroatoms. The van der Waals surface area contributed by atoms with Gasteiger partial charge in [0, 0.05) is 12.2 Å². The number of hydrogen-bond donors (Lipinski definition) is 2. The van der Waals surface area contributed by atoms with Gasteiger partial charge in [-0.15, -0.1) is 0 Å². The molecule has 3 nitrogen and oxygen atoms in total. The molecule has 1 unspecified atom stereocenters. The summed E-state index contributed by atoms with van der Waals surface area (Å²) in [6.07, 6.45) is 3.17. The molecule has 0 bridgehead atoms. The van der Waals surface area contributed by atoms with Gasteiger partial charge < -0.3 is 11.5 Å². The van der Waals surface area contributed by atoms with Crippen LogP contribution < -0.4 is 11.5 Å². The number of anilines is 1. The zero-order valence-electron chi connectivity index (χ0n) is 10.3. The Balaban J connectivity index is 2.01. The molecule has 2 rings (SSSR count). The van der Waals surface area contributed by atoms with Crippen molar-refractivity contribution in [2.24, 2.45) is 5.73 Å². The average Bonchev–Trinajstić information content (AvgIpc) is 2.34. The number of halogens is 2.